The van der Waals surface area contributed by atoms with Crippen LogP contribution >= 0.6 is 23.2 Å². The van der Waals surface area contributed by atoms with Crippen LogP contribution < -0.4 is 11.1 Å². The highest BCUT2D eigenvalue weighted by Gasteiger charge is 2.06. The Labute approximate surface area is 115 Å². The van der Waals surface area contributed by atoms with Gasteiger partial charge < -0.3 is 16.2 Å². The Kier molecular flexibility index (Phi) is 3.84. The third-order valence-electron chi connectivity index (χ3n) is 2.55. The van der Waals surface area contributed by atoms with Crippen molar-refractivity contribution in [3.63, 3.8) is 0 Å². The van der Waals surface area contributed by atoms with E-state index in [4.69, 9.17) is 28.9 Å². The van der Waals surface area contributed by atoms with Crippen LogP contribution in [0.5, 0.6) is 5.75 Å². The van der Waals surface area contributed by atoms with Gasteiger partial charge in [0.05, 0.1) is 5.69 Å². The number of anilines is 2. The molecule has 0 unspecified atom stereocenters. The zero-order valence-corrected chi connectivity index (χ0v) is 11.0. The summed E-state index contributed by atoms with van der Waals surface area (Å²) in [6, 6.07) is 10.2. The third-order valence-corrected chi connectivity index (χ3v) is 3.13. The second-order valence-electron chi connectivity index (χ2n) is 3.83. The number of halogens is 2. The predicted octanol–water partition coefficient (Wildman–Crippen LogP) is 3.89. The Hall–Kier alpha value is -1.58. The van der Waals surface area contributed by atoms with Crippen LogP contribution in [0.25, 0.3) is 0 Å². The van der Waals surface area contributed by atoms with E-state index in [2.05, 4.69) is 5.32 Å². The third kappa shape index (κ3) is 2.81. The molecule has 2 aromatic carbocycles. The molecule has 18 heavy (non-hydrogen) atoms. The molecule has 0 fully saturated rings. The first-order chi connectivity index (χ1) is 8.58. The minimum Gasteiger partial charge on any atom is -0.506 e. The first kappa shape index (κ1) is 12.9. The Morgan fingerprint density at radius 2 is 1.94 bits per heavy atom. The fraction of sp³-hybridized carbons (Fsp3) is 0.0769. The predicted molar refractivity (Wildman–Crippen MR) is 76.3 cm³/mol. The minimum atomic E-state index is 0.111. The molecule has 0 heterocycles. The lowest BCUT2D eigenvalue weighted by Crippen LogP contribution is -2.03. The highest BCUT2D eigenvalue weighted by Crippen LogP contribution is 2.30. The maximum atomic E-state index is 9.69. The lowest BCUT2D eigenvalue weighted by molar-refractivity contribution is 0.477. The van der Waals surface area contributed by atoms with Gasteiger partial charge >= 0.3 is 0 Å². The van der Waals surface area contributed by atoms with E-state index in [0.29, 0.717) is 28.0 Å². The SMILES string of the molecule is Nc1cccc(O)c1NCc1ccc(Cl)cc1Cl. The number of para-hydroxylation sites is 1. The van der Waals surface area contributed by atoms with E-state index in [0.717, 1.165) is 5.56 Å². The molecule has 0 saturated carbocycles. The smallest absolute Gasteiger partial charge is 0.140 e. The monoisotopic (exact) mass is 282 g/mol. The lowest BCUT2D eigenvalue weighted by atomic mass is 10.2. The van der Waals surface area contributed by atoms with Crippen LogP contribution in [0.15, 0.2) is 36.4 Å². The fourth-order valence-electron chi connectivity index (χ4n) is 1.60. The highest BCUT2D eigenvalue weighted by atomic mass is 35.5. The minimum absolute atomic E-state index is 0.111. The van der Waals surface area contributed by atoms with Gasteiger partial charge in [-0.15, -0.1) is 0 Å². The number of nitrogens with one attached hydrogen (secondary N) is 1. The molecule has 0 radical (unpaired) electrons. The summed E-state index contributed by atoms with van der Waals surface area (Å²) in [4.78, 5) is 0. The number of nitrogen functional groups attached to an aromatic ring is 1. The number of hydrogen-bond donors (Lipinski definition) is 3. The van der Waals surface area contributed by atoms with Crippen molar-refractivity contribution < 1.29 is 5.11 Å². The molecule has 0 atom stereocenters. The van der Waals surface area contributed by atoms with Gasteiger partial charge in [-0.25, -0.2) is 0 Å². The molecule has 94 valence electrons. The summed E-state index contributed by atoms with van der Waals surface area (Å²) in [5, 5.41) is 13.9. The molecule has 5 heteroatoms. The summed E-state index contributed by atoms with van der Waals surface area (Å²) >= 11 is 11.9. The quantitative estimate of drug-likeness (QED) is 0.591. The average molecular weight is 283 g/mol. The second-order valence-corrected chi connectivity index (χ2v) is 4.67. The molecule has 0 amide bonds. The molecule has 4 N–H and O–H groups in total. The molecule has 0 bridgehead atoms. The molecule has 0 aliphatic carbocycles. The van der Waals surface area contributed by atoms with Crippen LogP contribution in [0.1, 0.15) is 5.56 Å². The summed E-state index contributed by atoms with van der Waals surface area (Å²) in [5.41, 5.74) is 7.64. The number of rotatable bonds is 3. The maximum Gasteiger partial charge on any atom is 0.140 e. The van der Waals surface area contributed by atoms with Gasteiger partial charge in [-0.1, -0.05) is 35.3 Å². The fourth-order valence-corrected chi connectivity index (χ4v) is 2.07. The summed E-state index contributed by atoms with van der Waals surface area (Å²) in [6.45, 7) is 0.456. The van der Waals surface area contributed by atoms with Gasteiger partial charge in [0.2, 0.25) is 0 Å². The number of nitrogens with two attached hydrogens (primary N) is 1. The molecule has 3 nitrogen and oxygen atoms in total. The van der Waals surface area contributed by atoms with Gasteiger partial charge in [-0.3, -0.25) is 0 Å². The van der Waals surface area contributed by atoms with Crippen LogP contribution in [-0.4, -0.2) is 5.11 Å². The van der Waals surface area contributed by atoms with E-state index in [1.807, 2.05) is 6.07 Å². The van der Waals surface area contributed by atoms with Crippen LogP contribution in [0.2, 0.25) is 10.0 Å². The van der Waals surface area contributed by atoms with Gasteiger partial charge in [-0.05, 0) is 29.8 Å². The number of benzene rings is 2. The largest absolute Gasteiger partial charge is 0.506 e. The van der Waals surface area contributed by atoms with Crippen LogP contribution in [0, 0.1) is 0 Å². The summed E-state index contributed by atoms with van der Waals surface area (Å²) < 4.78 is 0. The van der Waals surface area contributed by atoms with Crippen LogP contribution in [0.4, 0.5) is 11.4 Å². The van der Waals surface area contributed by atoms with Gasteiger partial charge in [0.1, 0.15) is 11.4 Å². The van der Waals surface area contributed by atoms with Crippen molar-refractivity contribution in [3.8, 4) is 5.75 Å². The normalized spacial score (nSPS) is 10.3. The first-order valence-electron chi connectivity index (χ1n) is 5.33. The maximum absolute atomic E-state index is 9.69. The van der Waals surface area contributed by atoms with E-state index < -0.39 is 0 Å². The van der Waals surface area contributed by atoms with E-state index in [1.165, 1.54) is 0 Å². The van der Waals surface area contributed by atoms with E-state index >= 15 is 0 Å². The zero-order chi connectivity index (χ0) is 13.1. The van der Waals surface area contributed by atoms with Crippen molar-refractivity contribution in [1.82, 2.24) is 0 Å². The van der Waals surface area contributed by atoms with Crippen molar-refractivity contribution >= 4 is 34.6 Å². The van der Waals surface area contributed by atoms with Crippen LogP contribution in [-0.2, 0) is 6.54 Å². The Morgan fingerprint density at radius 1 is 1.17 bits per heavy atom. The average Bonchev–Trinajstić information content (AvgIpc) is 2.31. The number of phenols is 1. The molecule has 0 saturated heterocycles. The van der Waals surface area contributed by atoms with E-state index in [9.17, 15) is 5.11 Å². The van der Waals surface area contributed by atoms with E-state index in [-0.39, 0.29) is 5.75 Å². The Morgan fingerprint density at radius 3 is 2.61 bits per heavy atom. The Bertz CT molecular complexity index is 553. The zero-order valence-electron chi connectivity index (χ0n) is 9.45. The van der Waals surface area contributed by atoms with Gasteiger partial charge in [0, 0.05) is 16.6 Å². The number of phenolic OH excluding ortho intramolecular Hbond substituents is 1. The van der Waals surface area contributed by atoms with Crippen molar-refractivity contribution in [3.05, 3.63) is 52.0 Å². The van der Waals surface area contributed by atoms with Crippen molar-refractivity contribution in [2.75, 3.05) is 11.1 Å². The van der Waals surface area contributed by atoms with Gasteiger partial charge in [0.15, 0.2) is 0 Å². The van der Waals surface area contributed by atoms with Gasteiger partial charge in [0.25, 0.3) is 0 Å². The van der Waals surface area contributed by atoms with Crippen molar-refractivity contribution in [1.29, 1.82) is 0 Å². The number of hydrogen-bond acceptors (Lipinski definition) is 3. The standard InChI is InChI=1S/C13H12Cl2N2O/c14-9-5-4-8(10(15)6-9)7-17-13-11(16)2-1-3-12(13)18/h1-6,17-18H,7,16H2. The molecule has 2 rings (SSSR count). The topological polar surface area (TPSA) is 58.3 Å². The molecule has 0 aliphatic rings. The summed E-state index contributed by atoms with van der Waals surface area (Å²) in [5.74, 6) is 0.111. The number of aromatic hydroxyl groups is 1. The molecule has 0 spiro atoms. The lowest BCUT2D eigenvalue weighted by Gasteiger charge is -2.12. The summed E-state index contributed by atoms with van der Waals surface area (Å²) in [7, 11) is 0. The molecular weight excluding hydrogens is 271 g/mol. The van der Waals surface area contributed by atoms with E-state index in [1.54, 1.807) is 30.3 Å². The highest BCUT2D eigenvalue weighted by molar-refractivity contribution is 6.35. The molecule has 0 aliphatic heterocycles. The van der Waals surface area contributed by atoms with Crippen LogP contribution in [0.3, 0.4) is 0 Å². The second kappa shape index (κ2) is 5.38. The first-order valence-corrected chi connectivity index (χ1v) is 6.09. The summed E-state index contributed by atoms with van der Waals surface area (Å²) in [6.07, 6.45) is 0. The van der Waals surface area contributed by atoms with Crippen molar-refractivity contribution in [2.24, 2.45) is 0 Å². The van der Waals surface area contributed by atoms with Gasteiger partial charge in [-0.2, -0.15) is 0 Å². The molecular formula is C13H12Cl2N2O. The molecule has 2 aromatic rings. The van der Waals surface area contributed by atoms with Crippen molar-refractivity contribution in [2.45, 2.75) is 6.54 Å². The Balaban J connectivity index is 2.16. The molecule has 0 aromatic heterocycles.